The molecule has 0 saturated carbocycles. The van der Waals surface area contributed by atoms with Crippen molar-refractivity contribution >= 4 is 17.7 Å². The lowest BCUT2D eigenvalue weighted by Gasteiger charge is -2.09. The molecule has 14 heavy (non-hydrogen) atoms. The average Bonchev–Trinajstić information content (AvgIpc) is 2.44. The molecule has 74 valence electrons. The van der Waals surface area contributed by atoms with E-state index in [1.807, 2.05) is 26.0 Å². The number of aryl methyl sites for hydroxylation is 1. The van der Waals surface area contributed by atoms with Crippen molar-refractivity contribution in [2.45, 2.75) is 29.9 Å². The predicted molar refractivity (Wildman–Crippen MR) is 56.9 cm³/mol. The van der Waals surface area contributed by atoms with Crippen LogP contribution < -0.4 is 0 Å². The second kappa shape index (κ2) is 3.31. The fourth-order valence-corrected chi connectivity index (χ4v) is 3.05. The van der Waals surface area contributed by atoms with E-state index in [1.165, 1.54) is 22.9 Å². The van der Waals surface area contributed by atoms with Crippen molar-refractivity contribution in [3.63, 3.8) is 0 Å². The van der Waals surface area contributed by atoms with Gasteiger partial charge in [0, 0.05) is 10.8 Å². The Labute approximate surface area is 87.3 Å². The van der Waals surface area contributed by atoms with E-state index in [1.54, 1.807) is 0 Å². The Morgan fingerprint density at radius 1 is 1.50 bits per heavy atom. The van der Waals surface area contributed by atoms with Crippen molar-refractivity contribution in [3.05, 3.63) is 29.3 Å². The molecule has 1 aromatic rings. The highest BCUT2D eigenvalue weighted by Crippen LogP contribution is 2.45. The summed E-state index contributed by atoms with van der Waals surface area (Å²) in [5, 5.41) is 8.69. The van der Waals surface area contributed by atoms with Gasteiger partial charge in [-0.2, -0.15) is 0 Å². The molecular formula is C11H12O2S. The van der Waals surface area contributed by atoms with Crippen LogP contribution in [0.4, 0.5) is 0 Å². The van der Waals surface area contributed by atoms with E-state index in [0.717, 1.165) is 4.90 Å². The molecule has 3 heteroatoms. The Morgan fingerprint density at radius 2 is 2.21 bits per heavy atom. The molecule has 0 radical (unpaired) electrons. The van der Waals surface area contributed by atoms with Crippen LogP contribution in [-0.2, 0) is 4.79 Å². The van der Waals surface area contributed by atoms with Crippen LogP contribution in [0.2, 0.25) is 0 Å². The van der Waals surface area contributed by atoms with Crippen LogP contribution in [0.15, 0.2) is 23.1 Å². The first-order valence-electron chi connectivity index (χ1n) is 4.59. The van der Waals surface area contributed by atoms with Crippen molar-refractivity contribution in [1.29, 1.82) is 0 Å². The minimum absolute atomic E-state index is 0.118. The van der Waals surface area contributed by atoms with E-state index in [0.29, 0.717) is 0 Å². The number of hydrogen-bond donors (Lipinski definition) is 1. The van der Waals surface area contributed by atoms with Gasteiger partial charge in [-0.3, -0.25) is 4.79 Å². The Balaban J connectivity index is 2.41. The van der Waals surface area contributed by atoms with Gasteiger partial charge in [0.15, 0.2) is 0 Å². The first kappa shape index (κ1) is 9.59. The quantitative estimate of drug-likeness (QED) is 0.771. The maximum Gasteiger partial charge on any atom is 0.317 e. The molecule has 0 aliphatic carbocycles. The number of thioether (sulfide) groups is 1. The topological polar surface area (TPSA) is 37.3 Å². The molecule has 0 saturated heterocycles. The first-order valence-corrected chi connectivity index (χ1v) is 5.47. The number of carbonyl (C=O) groups is 1. The summed E-state index contributed by atoms with van der Waals surface area (Å²) in [5.74, 6) is -0.594. The van der Waals surface area contributed by atoms with E-state index in [2.05, 4.69) is 6.07 Å². The molecule has 1 N–H and O–H groups in total. The van der Waals surface area contributed by atoms with Gasteiger partial charge in [0.2, 0.25) is 0 Å². The van der Waals surface area contributed by atoms with Crippen LogP contribution in [0.25, 0.3) is 0 Å². The Bertz CT molecular complexity index is 387. The molecule has 1 heterocycles. The van der Waals surface area contributed by atoms with E-state index in [-0.39, 0.29) is 11.2 Å². The van der Waals surface area contributed by atoms with Crippen LogP contribution in [0.1, 0.15) is 24.0 Å². The lowest BCUT2D eigenvalue weighted by molar-refractivity contribution is -0.136. The third-order valence-electron chi connectivity index (χ3n) is 2.61. The molecule has 1 aromatic carbocycles. The normalized spacial score (nSPS) is 24.7. The monoisotopic (exact) mass is 208 g/mol. The summed E-state index contributed by atoms with van der Waals surface area (Å²) in [6, 6.07) is 6.15. The summed E-state index contributed by atoms with van der Waals surface area (Å²) in [4.78, 5) is 12.1. The van der Waals surface area contributed by atoms with Crippen molar-refractivity contribution in [2.24, 2.45) is 0 Å². The minimum atomic E-state index is -0.712. The van der Waals surface area contributed by atoms with Gasteiger partial charge in [-0.25, -0.2) is 0 Å². The van der Waals surface area contributed by atoms with Crippen LogP contribution >= 0.6 is 11.8 Å². The fraction of sp³-hybridized carbons (Fsp3) is 0.364. The van der Waals surface area contributed by atoms with E-state index in [4.69, 9.17) is 5.11 Å². The van der Waals surface area contributed by atoms with Gasteiger partial charge in [0.1, 0.15) is 5.25 Å². The van der Waals surface area contributed by atoms with Crippen molar-refractivity contribution in [1.82, 2.24) is 0 Å². The average molecular weight is 208 g/mol. The summed E-state index contributed by atoms with van der Waals surface area (Å²) in [6.07, 6.45) is 0. The first-order chi connectivity index (χ1) is 6.59. The number of rotatable bonds is 1. The lowest BCUT2D eigenvalue weighted by Crippen LogP contribution is -2.18. The number of hydrogen-bond acceptors (Lipinski definition) is 2. The number of aliphatic carboxylic acids is 1. The van der Waals surface area contributed by atoms with E-state index >= 15 is 0 Å². The molecule has 0 spiro atoms. The highest BCUT2D eigenvalue weighted by Gasteiger charge is 2.34. The number of carboxylic acids is 1. The standard InChI is InChI=1S/C11H12O2S/c1-6-3-4-9-8(5-6)7(2)10(14-9)11(12)13/h3-5,7,10H,1-2H3,(H,12,13). The smallest absolute Gasteiger partial charge is 0.317 e. The van der Waals surface area contributed by atoms with Crippen LogP contribution in [0.5, 0.6) is 0 Å². The third-order valence-corrected chi connectivity index (χ3v) is 4.10. The van der Waals surface area contributed by atoms with Gasteiger partial charge >= 0.3 is 5.97 Å². The summed E-state index contributed by atoms with van der Waals surface area (Å²) in [6.45, 7) is 4.02. The molecular weight excluding hydrogens is 196 g/mol. The number of carboxylic acid groups (broad SMARTS) is 1. The zero-order chi connectivity index (χ0) is 10.3. The van der Waals surface area contributed by atoms with Crippen LogP contribution in [0, 0.1) is 6.92 Å². The Morgan fingerprint density at radius 3 is 2.86 bits per heavy atom. The van der Waals surface area contributed by atoms with Gasteiger partial charge in [0.25, 0.3) is 0 Å². The van der Waals surface area contributed by atoms with E-state index < -0.39 is 5.97 Å². The summed E-state index contributed by atoms with van der Waals surface area (Å²) < 4.78 is 0. The zero-order valence-electron chi connectivity index (χ0n) is 8.15. The van der Waals surface area contributed by atoms with Crippen LogP contribution in [0.3, 0.4) is 0 Å². The van der Waals surface area contributed by atoms with Gasteiger partial charge < -0.3 is 5.11 Å². The lowest BCUT2D eigenvalue weighted by atomic mass is 9.96. The second-order valence-corrected chi connectivity index (χ2v) is 4.89. The van der Waals surface area contributed by atoms with Gasteiger partial charge in [-0.15, -0.1) is 11.8 Å². The molecule has 0 bridgehead atoms. The molecule has 0 amide bonds. The zero-order valence-corrected chi connectivity index (χ0v) is 8.97. The molecule has 0 aromatic heterocycles. The number of benzene rings is 1. The number of fused-ring (bicyclic) bond motifs is 1. The molecule has 2 rings (SSSR count). The fourth-order valence-electron chi connectivity index (χ4n) is 1.80. The summed E-state index contributed by atoms with van der Waals surface area (Å²) in [5.41, 5.74) is 2.38. The molecule has 0 fully saturated rings. The summed E-state index contributed by atoms with van der Waals surface area (Å²) >= 11 is 1.46. The SMILES string of the molecule is Cc1ccc2c(c1)C(C)C(C(=O)O)S2. The summed E-state index contributed by atoms with van der Waals surface area (Å²) in [7, 11) is 0. The van der Waals surface area contributed by atoms with Gasteiger partial charge in [-0.05, 0) is 18.6 Å². The highest BCUT2D eigenvalue weighted by molar-refractivity contribution is 8.01. The minimum Gasteiger partial charge on any atom is -0.480 e. The third kappa shape index (κ3) is 1.42. The maximum atomic E-state index is 10.9. The molecule has 2 nitrogen and oxygen atoms in total. The largest absolute Gasteiger partial charge is 0.480 e. The Kier molecular flexibility index (Phi) is 2.27. The Hall–Kier alpha value is -0.960. The van der Waals surface area contributed by atoms with Gasteiger partial charge in [0.05, 0.1) is 0 Å². The highest BCUT2D eigenvalue weighted by atomic mass is 32.2. The molecule has 2 unspecified atom stereocenters. The predicted octanol–water partition coefficient (Wildman–Crippen LogP) is 2.66. The second-order valence-electron chi connectivity index (χ2n) is 3.71. The molecule has 1 aliphatic rings. The van der Waals surface area contributed by atoms with Crippen molar-refractivity contribution < 1.29 is 9.90 Å². The van der Waals surface area contributed by atoms with Crippen molar-refractivity contribution in [2.75, 3.05) is 0 Å². The van der Waals surface area contributed by atoms with E-state index in [9.17, 15) is 4.79 Å². The van der Waals surface area contributed by atoms with Gasteiger partial charge in [-0.1, -0.05) is 24.6 Å². The maximum absolute atomic E-state index is 10.9. The van der Waals surface area contributed by atoms with Crippen LogP contribution in [-0.4, -0.2) is 16.3 Å². The van der Waals surface area contributed by atoms with Crippen molar-refractivity contribution in [3.8, 4) is 0 Å². The molecule has 2 atom stereocenters. The molecule has 1 aliphatic heterocycles.